The Labute approximate surface area is 169 Å². The van der Waals surface area contributed by atoms with Crippen molar-refractivity contribution in [3.8, 4) is 5.75 Å². The zero-order valence-corrected chi connectivity index (χ0v) is 16.9. The number of fused-ring (bicyclic) bond motifs is 1. The van der Waals surface area contributed by atoms with E-state index in [4.69, 9.17) is 4.74 Å². The number of aromatic nitrogens is 1. The number of phenolic OH excluding ortho intramolecular Hbond substituents is 1. The van der Waals surface area contributed by atoms with E-state index in [1.165, 1.54) is 6.07 Å². The predicted octanol–water partition coefficient (Wildman–Crippen LogP) is 4.76. The second-order valence-corrected chi connectivity index (χ2v) is 7.88. The lowest BCUT2D eigenvalue weighted by Crippen LogP contribution is -2.34. The first-order valence-electron chi connectivity index (χ1n) is 9.35. The van der Waals surface area contributed by atoms with Crippen molar-refractivity contribution in [3.63, 3.8) is 0 Å². The van der Waals surface area contributed by atoms with Crippen molar-refractivity contribution < 1.29 is 19.4 Å². The molecule has 29 heavy (non-hydrogen) atoms. The van der Waals surface area contributed by atoms with Crippen LogP contribution in [0.3, 0.4) is 0 Å². The highest BCUT2D eigenvalue weighted by atomic mass is 16.6. The number of hydrogen-bond acceptors (Lipinski definition) is 5. The summed E-state index contributed by atoms with van der Waals surface area (Å²) < 4.78 is 5.25. The maximum absolute atomic E-state index is 13.0. The molecule has 0 saturated heterocycles. The van der Waals surface area contributed by atoms with Gasteiger partial charge >= 0.3 is 6.09 Å². The Morgan fingerprint density at radius 3 is 2.55 bits per heavy atom. The third kappa shape index (κ3) is 4.71. The fourth-order valence-electron chi connectivity index (χ4n) is 3.04. The normalized spacial score (nSPS) is 12.4. The van der Waals surface area contributed by atoms with E-state index in [9.17, 15) is 14.7 Å². The monoisotopic (exact) mass is 392 g/mol. The lowest BCUT2D eigenvalue weighted by atomic mass is 9.96. The van der Waals surface area contributed by atoms with Gasteiger partial charge in [-0.15, -0.1) is 0 Å². The van der Waals surface area contributed by atoms with Gasteiger partial charge in [0.1, 0.15) is 11.4 Å². The van der Waals surface area contributed by atoms with Crippen LogP contribution in [0.15, 0.2) is 54.9 Å². The van der Waals surface area contributed by atoms with Crippen LogP contribution in [0.25, 0.3) is 10.8 Å². The summed E-state index contributed by atoms with van der Waals surface area (Å²) in [6.07, 6.45) is 2.78. The highest BCUT2D eigenvalue weighted by molar-refractivity contribution is 6.17. The van der Waals surface area contributed by atoms with Crippen LogP contribution in [0.1, 0.15) is 55.2 Å². The zero-order valence-electron chi connectivity index (χ0n) is 16.9. The van der Waals surface area contributed by atoms with Gasteiger partial charge in [0.2, 0.25) is 0 Å². The van der Waals surface area contributed by atoms with E-state index in [2.05, 4.69) is 10.3 Å². The Balaban J connectivity index is 1.84. The van der Waals surface area contributed by atoms with Crippen molar-refractivity contribution >= 4 is 22.6 Å². The lowest BCUT2D eigenvalue weighted by Gasteiger charge is -2.22. The van der Waals surface area contributed by atoms with Gasteiger partial charge < -0.3 is 15.2 Å². The minimum absolute atomic E-state index is 0.142. The Hall–Kier alpha value is -3.41. The maximum Gasteiger partial charge on any atom is 0.408 e. The first-order valence-corrected chi connectivity index (χ1v) is 9.35. The van der Waals surface area contributed by atoms with Crippen LogP contribution in [-0.4, -0.2) is 27.6 Å². The minimum Gasteiger partial charge on any atom is -0.507 e. The van der Waals surface area contributed by atoms with Gasteiger partial charge in [0, 0.05) is 23.3 Å². The number of pyridine rings is 1. The molecular formula is C23H24N2O4. The molecule has 0 aliphatic rings. The summed E-state index contributed by atoms with van der Waals surface area (Å²) in [4.78, 5) is 29.1. The molecule has 2 N–H and O–H groups in total. The van der Waals surface area contributed by atoms with Crippen LogP contribution >= 0.6 is 0 Å². The summed E-state index contributed by atoms with van der Waals surface area (Å²) in [5, 5.41) is 14.8. The van der Waals surface area contributed by atoms with Crippen molar-refractivity contribution in [2.24, 2.45) is 0 Å². The molecule has 1 amide bonds. The maximum atomic E-state index is 13.0. The van der Waals surface area contributed by atoms with Gasteiger partial charge in [-0.05, 0) is 56.8 Å². The molecule has 2 aromatic carbocycles. The van der Waals surface area contributed by atoms with Crippen molar-refractivity contribution in [2.45, 2.75) is 39.3 Å². The molecule has 0 fully saturated rings. The molecule has 3 aromatic rings. The van der Waals surface area contributed by atoms with Crippen LogP contribution in [0.2, 0.25) is 0 Å². The van der Waals surface area contributed by atoms with Crippen molar-refractivity contribution in [1.29, 1.82) is 0 Å². The van der Waals surface area contributed by atoms with Crippen LogP contribution in [-0.2, 0) is 4.74 Å². The van der Waals surface area contributed by atoms with Crippen LogP contribution in [0.5, 0.6) is 5.75 Å². The van der Waals surface area contributed by atoms with Crippen molar-refractivity contribution in [1.82, 2.24) is 10.3 Å². The Bertz CT molecular complexity index is 1060. The number of nitrogens with one attached hydrogen (secondary N) is 1. The fraction of sp³-hybridized carbons (Fsp3) is 0.261. The molecule has 1 unspecified atom stereocenters. The van der Waals surface area contributed by atoms with Crippen LogP contribution in [0.4, 0.5) is 4.79 Å². The van der Waals surface area contributed by atoms with E-state index < -0.39 is 17.7 Å². The highest BCUT2D eigenvalue weighted by Gasteiger charge is 2.20. The topological polar surface area (TPSA) is 88.5 Å². The number of ether oxygens (including phenoxy) is 1. The number of alkyl carbamates (subject to hydrolysis) is 1. The molecule has 1 heterocycles. The number of ketones is 1. The number of hydrogen-bond donors (Lipinski definition) is 2. The standard InChI is InChI=1S/C23H24N2O4/c1-14(25-22(28)29-23(2,3)4)15-8-9-19(20(26)12-15)21(27)18-7-5-6-16-13-24-11-10-17(16)18/h5-14,26H,1-4H3,(H,25,28). The van der Waals surface area contributed by atoms with Crippen molar-refractivity contribution in [3.05, 3.63) is 71.5 Å². The van der Waals surface area contributed by atoms with Crippen LogP contribution in [0, 0.1) is 0 Å². The largest absolute Gasteiger partial charge is 0.507 e. The third-order valence-corrected chi connectivity index (χ3v) is 4.43. The summed E-state index contributed by atoms with van der Waals surface area (Å²) in [6, 6.07) is 11.5. The molecule has 1 atom stereocenters. The minimum atomic E-state index is -0.601. The molecule has 6 nitrogen and oxygen atoms in total. The molecule has 6 heteroatoms. The van der Waals surface area contributed by atoms with E-state index in [0.717, 1.165) is 10.8 Å². The van der Waals surface area contributed by atoms with E-state index in [0.29, 0.717) is 11.1 Å². The molecule has 0 aliphatic heterocycles. The summed E-state index contributed by atoms with van der Waals surface area (Å²) in [5.41, 5.74) is 0.748. The summed E-state index contributed by atoms with van der Waals surface area (Å²) in [6.45, 7) is 7.13. The third-order valence-electron chi connectivity index (χ3n) is 4.43. The molecule has 0 radical (unpaired) electrons. The SMILES string of the molecule is CC(NC(=O)OC(C)(C)C)c1ccc(C(=O)c2cccc3cnccc23)c(O)c1. The Morgan fingerprint density at radius 2 is 1.86 bits per heavy atom. The van der Waals surface area contributed by atoms with Crippen molar-refractivity contribution in [2.75, 3.05) is 0 Å². The van der Waals surface area contributed by atoms with Gasteiger partial charge in [-0.1, -0.05) is 24.3 Å². The number of aromatic hydroxyl groups is 1. The molecule has 150 valence electrons. The van der Waals surface area contributed by atoms with E-state index in [-0.39, 0.29) is 17.1 Å². The van der Waals surface area contributed by atoms with E-state index in [1.54, 1.807) is 70.4 Å². The van der Waals surface area contributed by atoms with Crippen LogP contribution < -0.4 is 5.32 Å². The summed E-state index contributed by atoms with van der Waals surface area (Å²) in [7, 11) is 0. The summed E-state index contributed by atoms with van der Waals surface area (Å²) in [5.74, 6) is -0.421. The predicted molar refractivity (Wildman–Crippen MR) is 111 cm³/mol. The van der Waals surface area contributed by atoms with Gasteiger partial charge in [-0.3, -0.25) is 9.78 Å². The first-order chi connectivity index (χ1) is 13.7. The lowest BCUT2D eigenvalue weighted by molar-refractivity contribution is 0.0507. The average Bonchev–Trinajstić information content (AvgIpc) is 2.65. The first kappa shape index (κ1) is 20.3. The smallest absolute Gasteiger partial charge is 0.408 e. The number of amides is 1. The number of carbonyl (C=O) groups is 2. The van der Waals surface area contributed by atoms with Gasteiger partial charge in [-0.2, -0.15) is 0 Å². The number of phenols is 1. The molecule has 0 saturated carbocycles. The molecule has 0 bridgehead atoms. The van der Waals surface area contributed by atoms with E-state index in [1.807, 2.05) is 6.07 Å². The van der Waals surface area contributed by atoms with E-state index >= 15 is 0 Å². The van der Waals surface area contributed by atoms with Gasteiger partial charge in [0.05, 0.1) is 11.6 Å². The second kappa shape index (κ2) is 7.91. The summed E-state index contributed by atoms with van der Waals surface area (Å²) >= 11 is 0. The molecule has 0 spiro atoms. The van der Waals surface area contributed by atoms with Gasteiger partial charge in [-0.25, -0.2) is 4.79 Å². The highest BCUT2D eigenvalue weighted by Crippen LogP contribution is 2.28. The molecule has 3 rings (SSSR count). The Kier molecular flexibility index (Phi) is 5.55. The quantitative estimate of drug-likeness (QED) is 0.625. The molecule has 1 aromatic heterocycles. The number of carbonyl (C=O) groups excluding carboxylic acids is 2. The average molecular weight is 392 g/mol. The second-order valence-electron chi connectivity index (χ2n) is 7.88. The molecular weight excluding hydrogens is 368 g/mol. The number of nitrogens with zero attached hydrogens (tertiary/aromatic N) is 1. The molecule has 0 aliphatic carbocycles. The fourth-order valence-corrected chi connectivity index (χ4v) is 3.04. The van der Waals surface area contributed by atoms with Gasteiger partial charge in [0.25, 0.3) is 0 Å². The van der Waals surface area contributed by atoms with Gasteiger partial charge in [0.15, 0.2) is 5.78 Å². The number of rotatable bonds is 4. The zero-order chi connectivity index (χ0) is 21.2. The Morgan fingerprint density at radius 1 is 1.10 bits per heavy atom. The number of benzene rings is 2.